The van der Waals surface area contributed by atoms with Gasteiger partial charge in [-0.25, -0.2) is 4.98 Å². The molecular formula is C12H22N4OS. The monoisotopic (exact) mass is 270 g/mol. The molecule has 0 aliphatic heterocycles. The SMILES string of the molecule is Cc1ncc(CNCCCC(C)(C)C(N)=NO)s1. The Morgan fingerprint density at radius 3 is 2.89 bits per heavy atom. The molecule has 0 spiro atoms. The minimum Gasteiger partial charge on any atom is -0.409 e. The third-order valence-electron chi connectivity index (χ3n) is 2.92. The molecule has 0 saturated carbocycles. The molecule has 0 aromatic carbocycles. The zero-order valence-corrected chi connectivity index (χ0v) is 12.0. The predicted molar refractivity (Wildman–Crippen MR) is 75.0 cm³/mol. The fourth-order valence-electron chi connectivity index (χ4n) is 1.62. The van der Waals surface area contributed by atoms with Crippen LogP contribution in [0.1, 0.15) is 36.6 Å². The first-order chi connectivity index (χ1) is 8.45. The van der Waals surface area contributed by atoms with Gasteiger partial charge in [0.1, 0.15) is 5.84 Å². The molecule has 6 heteroatoms. The molecule has 0 bridgehead atoms. The van der Waals surface area contributed by atoms with Gasteiger partial charge in [-0.3, -0.25) is 0 Å². The highest BCUT2D eigenvalue weighted by Crippen LogP contribution is 2.22. The number of nitrogens with zero attached hydrogens (tertiary/aromatic N) is 2. The first-order valence-corrected chi connectivity index (χ1v) is 6.87. The predicted octanol–water partition coefficient (Wildman–Crippen LogP) is 2.09. The maximum absolute atomic E-state index is 8.67. The number of hydrogen-bond donors (Lipinski definition) is 3. The summed E-state index contributed by atoms with van der Waals surface area (Å²) in [6, 6.07) is 0. The second kappa shape index (κ2) is 6.70. The van der Waals surface area contributed by atoms with Crippen LogP contribution in [0.5, 0.6) is 0 Å². The Morgan fingerprint density at radius 2 is 2.33 bits per heavy atom. The van der Waals surface area contributed by atoms with Gasteiger partial charge in [0.2, 0.25) is 0 Å². The lowest BCUT2D eigenvalue weighted by molar-refractivity contribution is 0.304. The molecule has 1 heterocycles. The molecule has 0 fully saturated rings. The molecule has 0 amide bonds. The molecule has 0 aliphatic carbocycles. The van der Waals surface area contributed by atoms with Gasteiger partial charge in [0, 0.05) is 23.0 Å². The van der Waals surface area contributed by atoms with E-state index in [2.05, 4.69) is 15.5 Å². The van der Waals surface area contributed by atoms with Crippen LogP contribution in [0.2, 0.25) is 0 Å². The molecular weight excluding hydrogens is 248 g/mol. The van der Waals surface area contributed by atoms with E-state index >= 15 is 0 Å². The second-order valence-corrected chi connectivity index (χ2v) is 6.31. The molecule has 0 aliphatic rings. The number of aryl methyl sites for hydroxylation is 1. The lowest BCUT2D eigenvalue weighted by Gasteiger charge is -2.22. The summed E-state index contributed by atoms with van der Waals surface area (Å²) in [5, 5.41) is 16.2. The van der Waals surface area contributed by atoms with E-state index in [1.807, 2.05) is 27.0 Å². The minimum atomic E-state index is -0.252. The summed E-state index contributed by atoms with van der Waals surface area (Å²) in [5.74, 6) is 0.292. The zero-order chi connectivity index (χ0) is 13.6. The van der Waals surface area contributed by atoms with Crippen LogP contribution in [-0.2, 0) is 6.54 Å². The van der Waals surface area contributed by atoms with Crippen LogP contribution < -0.4 is 11.1 Å². The van der Waals surface area contributed by atoms with Crippen LogP contribution in [0.4, 0.5) is 0 Å². The van der Waals surface area contributed by atoms with E-state index in [4.69, 9.17) is 10.9 Å². The lowest BCUT2D eigenvalue weighted by atomic mass is 9.86. The number of hydrogen-bond acceptors (Lipinski definition) is 5. The van der Waals surface area contributed by atoms with Gasteiger partial charge < -0.3 is 16.3 Å². The van der Waals surface area contributed by atoms with Gasteiger partial charge in [-0.1, -0.05) is 19.0 Å². The van der Waals surface area contributed by atoms with Gasteiger partial charge in [-0.05, 0) is 26.3 Å². The standard InChI is InChI=1S/C12H22N4OS/c1-9-15-8-10(18-9)7-14-6-4-5-12(2,3)11(13)16-17/h8,14,17H,4-7H2,1-3H3,(H2,13,16). The van der Waals surface area contributed by atoms with Crippen molar-refractivity contribution in [1.29, 1.82) is 0 Å². The maximum atomic E-state index is 8.67. The van der Waals surface area contributed by atoms with Crippen LogP contribution in [-0.4, -0.2) is 22.6 Å². The summed E-state index contributed by atoms with van der Waals surface area (Å²) in [6.07, 6.45) is 3.78. The molecule has 5 nitrogen and oxygen atoms in total. The molecule has 0 saturated heterocycles. The quantitative estimate of drug-likeness (QED) is 0.233. The van der Waals surface area contributed by atoms with Crippen molar-refractivity contribution in [2.24, 2.45) is 16.3 Å². The molecule has 1 rings (SSSR count). The molecule has 1 aromatic heterocycles. The number of nitrogens with two attached hydrogens (primary N) is 1. The molecule has 1 aromatic rings. The van der Waals surface area contributed by atoms with Crippen molar-refractivity contribution in [2.45, 2.75) is 40.2 Å². The first kappa shape index (κ1) is 14.9. The van der Waals surface area contributed by atoms with Gasteiger partial charge in [0.05, 0.1) is 5.01 Å². The Hall–Kier alpha value is -1.14. The van der Waals surface area contributed by atoms with E-state index in [0.717, 1.165) is 30.9 Å². The highest BCUT2D eigenvalue weighted by Gasteiger charge is 2.22. The maximum Gasteiger partial charge on any atom is 0.144 e. The van der Waals surface area contributed by atoms with E-state index in [1.54, 1.807) is 11.3 Å². The summed E-state index contributed by atoms with van der Waals surface area (Å²) in [5.41, 5.74) is 5.38. The smallest absolute Gasteiger partial charge is 0.144 e. The summed E-state index contributed by atoms with van der Waals surface area (Å²) in [7, 11) is 0. The molecule has 4 N–H and O–H groups in total. The Labute approximate surface area is 112 Å². The average molecular weight is 270 g/mol. The van der Waals surface area contributed by atoms with Gasteiger partial charge in [-0.15, -0.1) is 11.3 Å². The van der Waals surface area contributed by atoms with Gasteiger partial charge in [0.25, 0.3) is 0 Å². The fourth-order valence-corrected chi connectivity index (χ4v) is 2.38. The second-order valence-electron chi connectivity index (χ2n) is 5.00. The first-order valence-electron chi connectivity index (χ1n) is 6.06. The average Bonchev–Trinajstić information content (AvgIpc) is 2.73. The molecule has 0 atom stereocenters. The Bertz CT molecular complexity index is 401. The topological polar surface area (TPSA) is 83.5 Å². The zero-order valence-electron chi connectivity index (χ0n) is 11.2. The Balaban J connectivity index is 2.19. The van der Waals surface area contributed by atoms with E-state index in [0.29, 0.717) is 5.84 Å². The number of amidine groups is 1. The highest BCUT2D eigenvalue weighted by atomic mass is 32.1. The highest BCUT2D eigenvalue weighted by molar-refractivity contribution is 7.11. The van der Waals surface area contributed by atoms with Gasteiger partial charge in [0.15, 0.2) is 0 Å². The van der Waals surface area contributed by atoms with Crippen LogP contribution in [0.25, 0.3) is 0 Å². The van der Waals surface area contributed by atoms with Crippen molar-refractivity contribution >= 4 is 17.2 Å². The van der Waals surface area contributed by atoms with Crippen molar-refractivity contribution in [2.75, 3.05) is 6.54 Å². The van der Waals surface area contributed by atoms with Crippen LogP contribution in [0.3, 0.4) is 0 Å². The van der Waals surface area contributed by atoms with E-state index in [9.17, 15) is 0 Å². The van der Waals surface area contributed by atoms with E-state index < -0.39 is 0 Å². The molecule has 0 radical (unpaired) electrons. The Morgan fingerprint density at radius 1 is 1.61 bits per heavy atom. The number of rotatable bonds is 7. The molecule has 102 valence electrons. The lowest BCUT2D eigenvalue weighted by Crippen LogP contribution is -2.32. The number of oxime groups is 1. The summed E-state index contributed by atoms with van der Waals surface area (Å²) >= 11 is 1.71. The Kier molecular flexibility index (Phi) is 5.55. The summed E-state index contributed by atoms with van der Waals surface area (Å²) in [6.45, 7) is 7.74. The molecule has 18 heavy (non-hydrogen) atoms. The fraction of sp³-hybridized carbons (Fsp3) is 0.667. The van der Waals surface area contributed by atoms with Gasteiger partial charge in [-0.2, -0.15) is 0 Å². The van der Waals surface area contributed by atoms with Crippen molar-refractivity contribution in [3.8, 4) is 0 Å². The number of aromatic nitrogens is 1. The largest absolute Gasteiger partial charge is 0.409 e. The van der Waals surface area contributed by atoms with E-state index in [1.165, 1.54) is 4.88 Å². The van der Waals surface area contributed by atoms with Crippen molar-refractivity contribution < 1.29 is 5.21 Å². The minimum absolute atomic E-state index is 0.252. The van der Waals surface area contributed by atoms with Crippen LogP contribution in [0, 0.1) is 12.3 Å². The van der Waals surface area contributed by atoms with Crippen molar-refractivity contribution in [3.05, 3.63) is 16.1 Å². The van der Waals surface area contributed by atoms with Crippen molar-refractivity contribution in [1.82, 2.24) is 10.3 Å². The van der Waals surface area contributed by atoms with Gasteiger partial charge >= 0.3 is 0 Å². The van der Waals surface area contributed by atoms with Crippen LogP contribution in [0.15, 0.2) is 11.4 Å². The summed E-state index contributed by atoms with van der Waals surface area (Å²) in [4.78, 5) is 5.46. The number of nitrogens with one attached hydrogen (secondary N) is 1. The third-order valence-corrected chi connectivity index (χ3v) is 3.84. The number of thiazole rings is 1. The normalized spacial score (nSPS) is 12.9. The third kappa shape index (κ3) is 4.62. The summed E-state index contributed by atoms with van der Waals surface area (Å²) < 4.78 is 0. The van der Waals surface area contributed by atoms with E-state index in [-0.39, 0.29) is 5.41 Å². The van der Waals surface area contributed by atoms with Crippen LogP contribution >= 0.6 is 11.3 Å². The van der Waals surface area contributed by atoms with Crippen molar-refractivity contribution in [3.63, 3.8) is 0 Å². The molecule has 0 unspecified atom stereocenters.